The molecule has 4 nitrogen and oxygen atoms in total. The molecule has 0 atom stereocenters. The summed E-state index contributed by atoms with van der Waals surface area (Å²) >= 11 is 0. The molecule has 0 bridgehead atoms. The van der Waals surface area contributed by atoms with Crippen LogP contribution in [0.3, 0.4) is 0 Å². The lowest BCUT2D eigenvalue weighted by Crippen LogP contribution is -2.05. The van der Waals surface area contributed by atoms with Gasteiger partial charge in [0.05, 0.1) is 11.7 Å². The van der Waals surface area contributed by atoms with Crippen molar-refractivity contribution in [2.24, 2.45) is 0 Å². The molecule has 4 heteroatoms. The lowest BCUT2D eigenvalue weighted by atomic mass is 10.4. The van der Waals surface area contributed by atoms with Crippen molar-refractivity contribution in [2.45, 2.75) is 0 Å². The van der Waals surface area contributed by atoms with E-state index < -0.39 is 0 Å². The van der Waals surface area contributed by atoms with Crippen molar-refractivity contribution in [2.75, 3.05) is 0 Å². The van der Waals surface area contributed by atoms with Crippen molar-refractivity contribution in [3.8, 4) is 0 Å². The van der Waals surface area contributed by atoms with E-state index in [1.165, 1.54) is 6.07 Å². The molecule has 0 spiro atoms. The zero-order valence-electron chi connectivity index (χ0n) is 7.27. The number of aromatic amines is 1. The molecule has 0 saturated carbocycles. The van der Waals surface area contributed by atoms with E-state index in [0.717, 1.165) is 16.7 Å². The predicted octanol–water partition coefficient (Wildman–Crippen LogP) is 1.18. The molecule has 3 rings (SSSR count). The summed E-state index contributed by atoms with van der Waals surface area (Å²) in [5.41, 5.74) is 2.38. The highest BCUT2D eigenvalue weighted by atomic mass is 16.1. The molecule has 0 aromatic carbocycles. The summed E-state index contributed by atoms with van der Waals surface area (Å²) in [5, 5.41) is 0. The molecule has 0 radical (unpaired) electrons. The van der Waals surface area contributed by atoms with Crippen LogP contribution in [0.25, 0.3) is 16.7 Å². The summed E-state index contributed by atoms with van der Waals surface area (Å²) in [7, 11) is 0. The second kappa shape index (κ2) is 2.45. The summed E-state index contributed by atoms with van der Waals surface area (Å²) in [6, 6.07) is 7.05. The van der Waals surface area contributed by atoms with Gasteiger partial charge in [0.2, 0.25) is 5.56 Å². The van der Waals surface area contributed by atoms with Crippen LogP contribution < -0.4 is 5.56 Å². The van der Waals surface area contributed by atoms with Crippen LogP contribution in [0, 0.1) is 0 Å². The fraction of sp³-hybridized carbons (Fsp3) is 0. The molecular formula is C10H7N3O. The maximum atomic E-state index is 11.2. The number of hydrogen-bond acceptors (Lipinski definition) is 2. The highest BCUT2D eigenvalue weighted by molar-refractivity contribution is 5.73. The fourth-order valence-corrected chi connectivity index (χ4v) is 1.58. The molecular weight excluding hydrogens is 178 g/mol. The Bertz CT molecular complexity index is 665. The minimum Gasteiger partial charge on any atom is -0.306 e. The summed E-state index contributed by atoms with van der Waals surface area (Å²) < 4.78 is 1.91. The zero-order valence-corrected chi connectivity index (χ0v) is 7.27. The van der Waals surface area contributed by atoms with Gasteiger partial charge < -0.3 is 4.98 Å². The van der Waals surface area contributed by atoms with Gasteiger partial charge in [-0.3, -0.25) is 14.2 Å². The van der Waals surface area contributed by atoms with Gasteiger partial charge in [0.15, 0.2) is 0 Å². The van der Waals surface area contributed by atoms with Crippen LogP contribution in [0.4, 0.5) is 0 Å². The Morgan fingerprint density at radius 3 is 3.14 bits per heavy atom. The molecule has 3 aromatic heterocycles. The van der Waals surface area contributed by atoms with Crippen molar-refractivity contribution >= 4 is 16.7 Å². The van der Waals surface area contributed by atoms with E-state index in [2.05, 4.69) is 9.97 Å². The second-order valence-electron chi connectivity index (χ2n) is 3.12. The van der Waals surface area contributed by atoms with Crippen LogP contribution in [-0.2, 0) is 0 Å². The molecule has 0 aliphatic carbocycles. The molecule has 0 fully saturated rings. The average Bonchev–Trinajstić information content (AvgIpc) is 2.65. The largest absolute Gasteiger partial charge is 0.306 e. The number of fused-ring (bicyclic) bond motifs is 3. The zero-order chi connectivity index (χ0) is 9.54. The van der Waals surface area contributed by atoms with E-state index in [9.17, 15) is 4.79 Å². The summed E-state index contributed by atoms with van der Waals surface area (Å²) in [6.07, 6.45) is 3.68. The third-order valence-electron chi connectivity index (χ3n) is 2.23. The Morgan fingerprint density at radius 2 is 2.21 bits per heavy atom. The average molecular weight is 185 g/mol. The van der Waals surface area contributed by atoms with E-state index in [4.69, 9.17) is 0 Å². The quantitative estimate of drug-likeness (QED) is 0.571. The molecule has 3 aromatic rings. The van der Waals surface area contributed by atoms with Gasteiger partial charge in [0, 0.05) is 12.3 Å². The monoisotopic (exact) mass is 185 g/mol. The first-order valence-corrected chi connectivity index (χ1v) is 4.30. The first-order chi connectivity index (χ1) is 6.84. The van der Waals surface area contributed by atoms with Gasteiger partial charge in [-0.2, -0.15) is 0 Å². The number of nitrogens with one attached hydrogen (secondary N) is 1. The van der Waals surface area contributed by atoms with Gasteiger partial charge in [-0.25, -0.2) is 0 Å². The second-order valence-corrected chi connectivity index (χ2v) is 3.12. The number of pyridine rings is 1. The van der Waals surface area contributed by atoms with Gasteiger partial charge in [-0.05, 0) is 18.2 Å². The van der Waals surface area contributed by atoms with Crippen LogP contribution in [-0.4, -0.2) is 14.4 Å². The topological polar surface area (TPSA) is 50.2 Å². The number of hydrogen-bond donors (Lipinski definition) is 1. The molecule has 3 heterocycles. The minimum atomic E-state index is -0.111. The van der Waals surface area contributed by atoms with Gasteiger partial charge in [-0.1, -0.05) is 0 Å². The van der Waals surface area contributed by atoms with E-state index in [1.54, 1.807) is 12.3 Å². The summed E-state index contributed by atoms with van der Waals surface area (Å²) in [6.45, 7) is 0. The first kappa shape index (κ1) is 7.32. The Labute approximate surface area is 78.8 Å². The van der Waals surface area contributed by atoms with E-state index in [1.807, 2.05) is 22.7 Å². The molecule has 1 N–H and O–H groups in total. The van der Waals surface area contributed by atoms with Crippen LogP contribution in [0.15, 0.2) is 41.5 Å². The molecule has 14 heavy (non-hydrogen) atoms. The normalized spacial score (nSPS) is 11.1. The van der Waals surface area contributed by atoms with Crippen molar-refractivity contribution in [3.05, 3.63) is 47.0 Å². The number of H-pyrrole nitrogens is 1. The fourth-order valence-electron chi connectivity index (χ4n) is 1.58. The van der Waals surface area contributed by atoms with Crippen LogP contribution >= 0.6 is 0 Å². The third kappa shape index (κ3) is 0.877. The van der Waals surface area contributed by atoms with E-state index in [0.29, 0.717) is 0 Å². The number of rotatable bonds is 0. The molecule has 0 amide bonds. The van der Waals surface area contributed by atoms with E-state index in [-0.39, 0.29) is 5.56 Å². The van der Waals surface area contributed by atoms with Crippen LogP contribution in [0.5, 0.6) is 0 Å². The summed E-state index contributed by atoms with van der Waals surface area (Å²) in [4.78, 5) is 18.1. The number of nitrogens with zero attached hydrogens (tertiary/aromatic N) is 2. The predicted molar refractivity (Wildman–Crippen MR) is 53.3 cm³/mol. The van der Waals surface area contributed by atoms with Crippen molar-refractivity contribution in [3.63, 3.8) is 0 Å². The Balaban J connectivity index is 2.66. The highest BCUT2D eigenvalue weighted by Crippen LogP contribution is 2.10. The van der Waals surface area contributed by atoms with Crippen LogP contribution in [0.2, 0.25) is 0 Å². The lowest BCUT2D eigenvalue weighted by molar-refractivity contribution is 1.14. The van der Waals surface area contributed by atoms with Crippen molar-refractivity contribution in [1.82, 2.24) is 14.4 Å². The van der Waals surface area contributed by atoms with Gasteiger partial charge in [0.1, 0.15) is 11.2 Å². The van der Waals surface area contributed by atoms with Crippen LogP contribution in [0.1, 0.15) is 0 Å². The SMILES string of the molecule is O=c1ccc2ncc3cccn3c2[nH]1. The molecule has 68 valence electrons. The molecule has 0 aliphatic heterocycles. The van der Waals surface area contributed by atoms with E-state index >= 15 is 0 Å². The first-order valence-electron chi connectivity index (χ1n) is 4.30. The summed E-state index contributed by atoms with van der Waals surface area (Å²) in [5.74, 6) is 0. The Hall–Kier alpha value is -2.10. The van der Waals surface area contributed by atoms with Gasteiger partial charge in [0.25, 0.3) is 0 Å². The van der Waals surface area contributed by atoms with Gasteiger partial charge in [-0.15, -0.1) is 0 Å². The Morgan fingerprint density at radius 1 is 1.29 bits per heavy atom. The Kier molecular flexibility index (Phi) is 1.28. The minimum absolute atomic E-state index is 0.111. The highest BCUT2D eigenvalue weighted by Gasteiger charge is 2.00. The third-order valence-corrected chi connectivity index (χ3v) is 2.23. The molecule has 0 unspecified atom stereocenters. The lowest BCUT2D eigenvalue weighted by Gasteiger charge is -2.00. The smallest absolute Gasteiger partial charge is 0.249 e. The number of aromatic nitrogens is 3. The maximum absolute atomic E-state index is 11.2. The standard InChI is InChI=1S/C10H7N3O/c14-9-4-3-8-10(12-9)13-5-1-2-7(13)6-11-8/h1-6H,(H,12,14). The maximum Gasteiger partial charge on any atom is 0.249 e. The molecule has 0 saturated heterocycles. The van der Waals surface area contributed by atoms with Crippen molar-refractivity contribution < 1.29 is 0 Å². The van der Waals surface area contributed by atoms with Crippen molar-refractivity contribution in [1.29, 1.82) is 0 Å². The molecule has 0 aliphatic rings. The van der Waals surface area contributed by atoms with Gasteiger partial charge >= 0.3 is 0 Å².